The van der Waals surface area contributed by atoms with Gasteiger partial charge in [-0.05, 0) is 49.9 Å². The molecule has 4 heteroatoms. The molecule has 0 aromatic heterocycles. The zero-order valence-corrected chi connectivity index (χ0v) is 11.1. The van der Waals surface area contributed by atoms with Gasteiger partial charge in [0, 0.05) is 25.0 Å². The summed E-state index contributed by atoms with van der Waals surface area (Å²) in [6, 6.07) is 5.94. The number of rotatable bonds is 2. The molecule has 3 N–H and O–H groups in total. The lowest BCUT2D eigenvalue weighted by atomic mass is 10.00. The van der Waals surface area contributed by atoms with Crippen LogP contribution in [0.25, 0.3) is 0 Å². The predicted octanol–water partition coefficient (Wildman–Crippen LogP) is 1.68. The summed E-state index contributed by atoms with van der Waals surface area (Å²) >= 11 is 0. The van der Waals surface area contributed by atoms with Gasteiger partial charge in [-0.3, -0.25) is 4.79 Å². The Morgan fingerprint density at radius 2 is 2.22 bits per heavy atom. The van der Waals surface area contributed by atoms with Gasteiger partial charge in [-0.2, -0.15) is 0 Å². The predicted molar refractivity (Wildman–Crippen MR) is 74.6 cm³/mol. The Balaban J connectivity index is 2.27. The Bertz CT molecular complexity index is 445. The highest BCUT2D eigenvalue weighted by Gasteiger charge is 2.28. The van der Waals surface area contributed by atoms with Crippen LogP contribution in [0.5, 0.6) is 0 Å². The van der Waals surface area contributed by atoms with Crippen molar-refractivity contribution >= 4 is 17.3 Å². The zero-order valence-electron chi connectivity index (χ0n) is 11.1. The fourth-order valence-electron chi connectivity index (χ4n) is 2.52. The quantitative estimate of drug-likeness (QED) is 0.782. The molecule has 1 heterocycles. The van der Waals surface area contributed by atoms with E-state index >= 15 is 0 Å². The van der Waals surface area contributed by atoms with Gasteiger partial charge in [-0.15, -0.1) is 0 Å². The first-order valence-electron chi connectivity index (χ1n) is 6.48. The standard InChI is InChI=1S/C14H21N3O/c1-10-9-11(6-7-12(10)15)17-8-4-3-5-13(17)14(18)16-2/h6-7,9,13H,3-5,8,15H2,1-2H3,(H,16,18). The summed E-state index contributed by atoms with van der Waals surface area (Å²) in [4.78, 5) is 14.1. The number of aryl methyl sites for hydroxylation is 1. The van der Waals surface area contributed by atoms with Gasteiger partial charge in [0.25, 0.3) is 0 Å². The maximum Gasteiger partial charge on any atom is 0.242 e. The fraction of sp³-hybridized carbons (Fsp3) is 0.500. The van der Waals surface area contributed by atoms with Crippen LogP contribution in [-0.2, 0) is 4.79 Å². The summed E-state index contributed by atoms with van der Waals surface area (Å²) in [5.74, 6) is 0.101. The van der Waals surface area contributed by atoms with Gasteiger partial charge in [0.05, 0.1) is 0 Å². The van der Waals surface area contributed by atoms with Crippen LogP contribution in [0.4, 0.5) is 11.4 Å². The highest BCUT2D eigenvalue weighted by Crippen LogP contribution is 2.27. The molecule has 2 rings (SSSR count). The van der Waals surface area contributed by atoms with Crippen LogP contribution in [-0.4, -0.2) is 25.5 Å². The third-order valence-corrected chi connectivity index (χ3v) is 3.64. The first-order valence-corrected chi connectivity index (χ1v) is 6.48. The van der Waals surface area contributed by atoms with Crippen molar-refractivity contribution in [3.8, 4) is 0 Å². The van der Waals surface area contributed by atoms with E-state index in [1.54, 1.807) is 7.05 Å². The van der Waals surface area contributed by atoms with Gasteiger partial charge >= 0.3 is 0 Å². The second-order valence-electron chi connectivity index (χ2n) is 4.86. The van der Waals surface area contributed by atoms with Crippen molar-refractivity contribution in [3.63, 3.8) is 0 Å². The first-order chi connectivity index (χ1) is 8.63. The number of benzene rings is 1. The summed E-state index contributed by atoms with van der Waals surface area (Å²) in [7, 11) is 1.70. The third-order valence-electron chi connectivity index (χ3n) is 3.64. The van der Waals surface area contributed by atoms with Crippen molar-refractivity contribution < 1.29 is 4.79 Å². The second-order valence-corrected chi connectivity index (χ2v) is 4.86. The summed E-state index contributed by atoms with van der Waals surface area (Å²) in [5.41, 5.74) is 8.80. The van der Waals surface area contributed by atoms with Crippen molar-refractivity contribution in [2.45, 2.75) is 32.2 Å². The number of nitrogens with one attached hydrogen (secondary N) is 1. The van der Waals surface area contributed by atoms with E-state index in [9.17, 15) is 4.79 Å². The number of likely N-dealkylation sites (N-methyl/N-ethyl adjacent to an activating group) is 1. The molecule has 1 aliphatic heterocycles. The molecule has 1 saturated heterocycles. The molecule has 1 unspecified atom stereocenters. The monoisotopic (exact) mass is 247 g/mol. The van der Waals surface area contributed by atoms with Crippen LogP contribution in [0.15, 0.2) is 18.2 Å². The molecule has 0 aliphatic carbocycles. The van der Waals surface area contributed by atoms with E-state index in [2.05, 4.69) is 16.3 Å². The number of carbonyl (C=O) groups is 1. The van der Waals surface area contributed by atoms with Crippen LogP contribution < -0.4 is 16.0 Å². The number of anilines is 2. The molecular formula is C14H21N3O. The van der Waals surface area contributed by atoms with Crippen LogP contribution in [0, 0.1) is 6.92 Å². The van der Waals surface area contributed by atoms with Crippen molar-refractivity contribution in [1.82, 2.24) is 5.32 Å². The van der Waals surface area contributed by atoms with Crippen LogP contribution in [0.2, 0.25) is 0 Å². The van der Waals surface area contributed by atoms with Gasteiger partial charge in [0.1, 0.15) is 6.04 Å². The minimum atomic E-state index is -0.0493. The Kier molecular flexibility index (Phi) is 3.75. The van der Waals surface area contributed by atoms with E-state index < -0.39 is 0 Å². The maximum absolute atomic E-state index is 11.9. The van der Waals surface area contributed by atoms with Gasteiger partial charge in [0.2, 0.25) is 5.91 Å². The zero-order chi connectivity index (χ0) is 13.1. The molecular weight excluding hydrogens is 226 g/mol. The Hall–Kier alpha value is -1.71. The van der Waals surface area contributed by atoms with E-state index in [1.165, 1.54) is 0 Å². The molecule has 18 heavy (non-hydrogen) atoms. The van der Waals surface area contributed by atoms with Crippen molar-refractivity contribution in [2.24, 2.45) is 0 Å². The number of nitrogens with zero attached hydrogens (tertiary/aromatic N) is 1. The summed E-state index contributed by atoms with van der Waals surface area (Å²) < 4.78 is 0. The number of hydrogen-bond acceptors (Lipinski definition) is 3. The summed E-state index contributed by atoms with van der Waals surface area (Å²) in [5, 5.41) is 2.76. The van der Waals surface area contributed by atoms with Crippen molar-refractivity contribution in [1.29, 1.82) is 0 Å². The fourth-order valence-corrected chi connectivity index (χ4v) is 2.52. The lowest BCUT2D eigenvalue weighted by molar-refractivity contribution is -0.122. The minimum Gasteiger partial charge on any atom is -0.399 e. The number of nitrogens with two attached hydrogens (primary N) is 1. The highest BCUT2D eigenvalue weighted by molar-refractivity contribution is 5.85. The SMILES string of the molecule is CNC(=O)C1CCCCN1c1ccc(N)c(C)c1. The van der Waals surface area contributed by atoms with E-state index in [4.69, 9.17) is 5.73 Å². The van der Waals surface area contributed by atoms with Gasteiger partial charge < -0.3 is 16.0 Å². The molecule has 4 nitrogen and oxygen atoms in total. The Morgan fingerprint density at radius 3 is 2.89 bits per heavy atom. The molecule has 1 aromatic carbocycles. The van der Waals surface area contributed by atoms with E-state index in [0.717, 1.165) is 42.7 Å². The van der Waals surface area contributed by atoms with Crippen LogP contribution in [0.1, 0.15) is 24.8 Å². The molecule has 1 fully saturated rings. The molecule has 1 aliphatic rings. The normalized spacial score (nSPS) is 19.7. The number of carbonyl (C=O) groups excluding carboxylic acids is 1. The molecule has 98 valence electrons. The summed E-state index contributed by atoms with van der Waals surface area (Å²) in [6.45, 7) is 2.93. The van der Waals surface area contributed by atoms with Gasteiger partial charge in [-0.1, -0.05) is 0 Å². The second kappa shape index (κ2) is 5.29. The number of nitrogen functional groups attached to an aromatic ring is 1. The molecule has 0 saturated carbocycles. The van der Waals surface area contributed by atoms with Gasteiger partial charge in [0.15, 0.2) is 0 Å². The lowest BCUT2D eigenvalue weighted by Gasteiger charge is -2.36. The van der Waals surface area contributed by atoms with Crippen LogP contribution >= 0.6 is 0 Å². The molecule has 0 bridgehead atoms. The topological polar surface area (TPSA) is 58.4 Å². The average Bonchev–Trinajstić information content (AvgIpc) is 2.41. The number of piperidine rings is 1. The van der Waals surface area contributed by atoms with E-state index in [1.807, 2.05) is 19.1 Å². The number of amides is 1. The largest absolute Gasteiger partial charge is 0.399 e. The molecule has 0 spiro atoms. The average molecular weight is 247 g/mol. The Morgan fingerprint density at radius 1 is 1.44 bits per heavy atom. The van der Waals surface area contributed by atoms with Crippen LogP contribution in [0.3, 0.4) is 0 Å². The third kappa shape index (κ3) is 2.42. The van der Waals surface area contributed by atoms with Crippen molar-refractivity contribution in [3.05, 3.63) is 23.8 Å². The smallest absolute Gasteiger partial charge is 0.242 e. The first kappa shape index (κ1) is 12.7. The lowest BCUT2D eigenvalue weighted by Crippen LogP contribution is -2.48. The molecule has 1 aromatic rings. The van der Waals surface area contributed by atoms with E-state index in [-0.39, 0.29) is 11.9 Å². The maximum atomic E-state index is 11.9. The Labute approximate surface area is 108 Å². The molecule has 0 radical (unpaired) electrons. The molecule has 1 atom stereocenters. The number of hydrogen-bond donors (Lipinski definition) is 2. The highest BCUT2D eigenvalue weighted by atomic mass is 16.2. The molecule has 1 amide bonds. The van der Waals surface area contributed by atoms with Gasteiger partial charge in [-0.25, -0.2) is 0 Å². The minimum absolute atomic E-state index is 0.0493. The summed E-state index contributed by atoms with van der Waals surface area (Å²) in [6.07, 6.45) is 3.17. The van der Waals surface area contributed by atoms with E-state index in [0.29, 0.717) is 0 Å². The van der Waals surface area contributed by atoms with Crippen molar-refractivity contribution in [2.75, 3.05) is 24.2 Å².